The lowest BCUT2D eigenvalue weighted by atomic mass is 9.82. The van der Waals surface area contributed by atoms with E-state index in [-0.39, 0.29) is 12.4 Å². The fourth-order valence-electron chi connectivity index (χ4n) is 4.31. The van der Waals surface area contributed by atoms with Crippen molar-refractivity contribution in [3.63, 3.8) is 0 Å². The highest BCUT2D eigenvalue weighted by atomic mass is 35.5. The summed E-state index contributed by atoms with van der Waals surface area (Å²) in [7, 11) is 2.08. The molecule has 1 aromatic carbocycles. The molecule has 0 spiro atoms. The minimum atomic E-state index is 0. The summed E-state index contributed by atoms with van der Waals surface area (Å²) < 4.78 is 1.43. The standard InChI is InChI=1S/C19H23NS2.ClH/c1-20-11-15-8-12-3-4-13(7-12)19(15)18-10-14-9-16(21-2)5-6-17(14)22-18;/h5-6,9-10,12-13,20H,3-4,7-8,11H2,1-2H3;1H. The normalized spacial score (nSPS) is 23.4. The van der Waals surface area contributed by atoms with Gasteiger partial charge in [0, 0.05) is 21.0 Å². The third kappa shape index (κ3) is 3.21. The number of hydrogen-bond donors (Lipinski definition) is 1. The van der Waals surface area contributed by atoms with Gasteiger partial charge >= 0.3 is 0 Å². The number of hydrogen-bond acceptors (Lipinski definition) is 3. The monoisotopic (exact) mass is 365 g/mol. The third-order valence-electron chi connectivity index (χ3n) is 5.24. The van der Waals surface area contributed by atoms with E-state index in [2.05, 4.69) is 42.9 Å². The van der Waals surface area contributed by atoms with E-state index in [9.17, 15) is 0 Å². The van der Waals surface area contributed by atoms with Crippen molar-refractivity contribution in [2.45, 2.75) is 30.6 Å². The summed E-state index contributed by atoms with van der Waals surface area (Å²) in [6.07, 6.45) is 7.73. The number of rotatable bonds is 4. The molecule has 1 nitrogen and oxygen atoms in total. The van der Waals surface area contributed by atoms with E-state index < -0.39 is 0 Å². The Morgan fingerprint density at radius 2 is 2.13 bits per heavy atom. The molecule has 1 N–H and O–H groups in total. The van der Waals surface area contributed by atoms with Gasteiger partial charge in [-0.15, -0.1) is 35.5 Å². The van der Waals surface area contributed by atoms with Crippen molar-refractivity contribution in [2.75, 3.05) is 19.8 Å². The number of benzene rings is 1. The van der Waals surface area contributed by atoms with Crippen molar-refractivity contribution in [3.05, 3.63) is 34.7 Å². The SMILES string of the molecule is CNCC1=C(c2cc3cc(SC)ccc3s2)C2CCC(C1)C2.Cl. The molecule has 2 aliphatic rings. The summed E-state index contributed by atoms with van der Waals surface area (Å²) in [6.45, 7) is 1.06. The molecule has 0 saturated heterocycles. The van der Waals surface area contributed by atoms with Crippen LogP contribution in [-0.4, -0.2) is 19.8 Å². The Hall–Kier alpha value is -0.480. The van der Waals surface area contributed by atoms with Gasteiger partial charge in [0.05, 0.1) is 0 Å². The molecule has 4 heteroatoms. The van der Waals surface area contributed by atoms with Crippen LogP contribution in [0.15, 0.2) is 34.7 Å². The lowest BCUT2D eigenvalue weighted by Crippen LogP contribution is -2.18. The van der Waals surface area contributed by atoms with E-state index >= 15 is 0 Å². The minimum absolute atomic E-state index is 0. The van der Waals surface area contributed by atoms with Gasteiger partial charge in [0.15, 0.2) is 0 Å². The maximum Gasteiger partial charge on any atom is 0.0350 e. The van der Waals surface area contributed by atoms with E-state index in [1.54, 1.807) is 11.1 Å². The maximum absolute atomic E-state index is 3.40. The quantitative estimate of drug-likeness (QED) is 0.683. The maximum atomic E-state index is 3.40. The predicted octanol–water partition coefficient (Wildman–Crippen LogP) is 5.84. The molecule has 1 fully saturated rings. The first-order valence-corrected chi connectivity index (χ1v) is 10.3. The molecule has 124 valence electrons. The van der Waals surface area contributed by atoms with Gasteiger partial charge in [-0.1, -0.05) is 5.57 Å². The number of thioether (sulfide) groups is 1. The summed E-state index contributed by atoms with van der Waals surface area (Å²) in [6, 6.07) is 9.35. The van der Waals surface area contributed by atoms with E-state index in [0.717, 1.165) is 18.4 Å². The fourth-order valence-corrected chi connectivity index (χ4v) is 5.97. The van der Waals surface area contributed by atoms with Crippen molar-refractivity contribution in [3.8, 4) is 0 Å². The van der Waals surface area contributed by atoms with Crippen LogP contribution in [-0.2, 0) is 0 Å². The zero-order valence-corrected chi connectivity index (χ0v) is 16.2. The van der Waals surface area contributed by atoms with E-state index in [4.69, 9.17) is 0 Å². The topological polar surface area (TPSA) is 12.0 Å². The Kier molecular flexibility index (Phi) is 5.42. The first kappa shape index (κ1) is 17.3. The van der Waals surface area contributed by atoms with Crippen molar-refractivity contribution in [1.82, 2.24) is 5.32 Å². The van der Waals surface area contributed by atoms with Crippen LogP contribution >= 0.6 is 35.5 Å². The third-order valence-corrected chi connectivity index (χ3v) is 7.12. The van der Waals surface area contributed by atoms with Crippen molar-refractivity contribution < 1.29 is 0 Å². The van der Waals surface area contributed by atoms with Gasteiger partial charge in [-0.3, -0.25) is 0 Å². The molecular weight excluding hydrogens is 342 g/mol. The second-order valence-electron chi connectivity index (χ2n) is 6.64. The molecule has 1 saturated carbocycles. The van der Waals surface area contributed by atoms with Gasteiger partial charge in [-0.25, -0.2) is 0 Å². The molecule has 0 aliphatic heterocycles. The van der Waals surface area contributed by atoms with Gasteiger partial charge < -0.3 is 5.32 Å². The van der Waals surface area contributed by atoms with Gasteiger partial charge in [-0.05, 0) is 86.0 Å². The minimum Gasteiger partial charge on any atom is -0.316 e. The highest BCUT2D eigenvalue weighted by Gasteiger charge is 2.35. The molecule has 23 heavy (non-hydrogen) atoms. The van der Waals surface area contributed by atoms with E-state index in [1.807, 2.05) is 23.1 Å². The Bertz CT molecular complexity index is 734. The lowest BCUT2D eigenvalue weighted by Gasteiger charge is -2.26. The molecule has 2 unspecified atom stereocenters. The summed E-state index contributed by atoms with van der Waals surface area (Å²) in [5.41, 5.74) is 3.37. The molecule has 4 rings (SSSR count). The second kappa shape index (κ2) is 7.18. The predicted molar refractivity (Wildman–Crippen MR) is 107 cm³/mol. The van der Waals surface area contributed by atoms with Crippen molar-refractivity contribution >= 4 is 51.2 Å². The Morgan fingerprint density at radius 3 is 2.91 bits per heavy atom. The summed E-state index contributed by atoms with van der Waals surface area (Å²) in [5.74, 6) is 1.77. The number of allylic oxidation sites excluding steroid dienone is 1. The number of fused-ring (bicyclic) bond motifs is 3. The Morgan fingerprint density at radius 1 is 1.26 bits per heavy atom. The van der Waals surface area contributed by atoms with Crippen LogP contribution in [0.2, 0.25) is 0 Å². The first-order valence-electron chi connectivity index (χ1n) is 8.23. The molecule has 1 heterocycles. The Labute approximate surface area is 153 Å². The second-order valence-corrected chi connectivity index (χ2v) is 8.61. The molecular formula is C19H24ClNS2. The van der Waals surface area contributed by atoms with Crippen LogP contribution in [0.4, 0.5) is 0 Å². The highest BCUT2D eigenvalue weighted by molar-refractivity contribution is 7.98. The molecule has 2 aromatic rings. The van der Waals surface area contributed by atoms with Gasteiger partial charge in [0.25, 0.3) is 0 Å². The molecule has 2 atom stereocenters. The molecule has 2 aliphatic carbocycles. The largest absolute Gasteiger partial charge is 0.316 e. The average molecular weight is 366 g/mol. The van der Waals surface area contributed by atoms with Gasteiger partial charge in [0.1, 0.15) is 0 Å². The van der Waals surface area contributed by atoms with Crippen LogP contribution in [0.5, 0.6) is 0 Å². The number of halogens is 1. The average Bonchev–Trinajstić information content (AvgIpc) is 3.11. The lowest BCUT2D eigenvalue weighted by molar-refractivity contribution is 0.503. The summed E-state index contributed by atoms with van der Waals surface area (Å²) in [5, 5.41) is 4.82. The Balaban J connectivity index is 0.00000156. The fraction of sp³-hybridized carbons (Fsp3) is 0.474. The molecule has 0 radical (unpaired) electrons. The molecule has 1 aromatic heterocycles. The number of likely N-dealkylation sites (N-methyl/N-ethyl adjacent to an activating group) is 1. The number of thiophene rings is 1. The van der Waals surface area contributed by atoms with Crippen LogP contribution in [0.1, 0.15) is 30.6 Å². The van der Waals surface area contributed by atoms with Crippen molar-refractivity contribution in [2.24, 2.45) is 11.8 Å². The van der Waals surface area contributed by atoms with E-state index in [0.29, 0.717) is 0 Å². The molecule has 0 amide bonds. The van der Waals surface area contributed by atoms with Crippen molar-refractivity contribution in [1.29, 1.82) is 0 Å². The number of nitrogens with one attached hydrogen (secondary N) is 1. The first-order chi connectivity index (χ1) is 10.8. The van der Waals surface area contributed by atoms with Gasteiger partial charge in [-0.2, -0.15) is 0 Å². The van der Waals surface area contributed by atoms with Crippen LogP contribution in [0.3, 0.4) is 0 Å². The van der Waals surface area contributed by atoms with E-state index in [1.165, 1.54) is 45.5 Å². The van der Waals surface area contributed by atoms with Crippen LogP contribution in [0, 0.1) is 11.8 Å². The highest BCUT2D eigenvalue weighted by Crippen LogP contribution is 2.50. The van der Waals surface area contributed by atoms with Crippen LogP contribution in [0.25, 0.3) is 15.7 Å². The van der Waals surface area contributed by atoms with Gasteiger partial charge in [0.2, 0.25) is 0 Å². The zero-order valence-electron chi connectivity index (χ0n) is 13.7. The summed E-state index contributed by atoms with van der Waals surface area (Å²) in [4.78, 5) is 2.90. The summed E-state index contributed by atoms with van der Waals surface area (Å²) >= 11 is 3.83. The molecule has 2 bridgehead atoms. The smallest absolute Gasteiger partial charge is 0.0350 e. The van der Waals surface area contributed by atoms with Crippen LogP contribution < -0.4 is 5.32 Å². The zero-order chi connectivity index (χ0) is 15.1.